The van der Waals surface area contributed by atoms with Crippen LogP contribution in [-0.4, -0.2) is 36.9 Å². The van der Waals surface area contributed by atoms with Crippen LogP contribution in [0.3, 0.4) is 0 Å². The Labute approximate surface area is 167 Å². The summed E-state index contributed by atoms with van der Waals surface area (Å²) in [5, 5.41) is 3.11. The fraction of sp³-hybridized carbons (Fsp3) is 0.176. The molecule has 0 saturated heterocycles. The average Bonchev–Trinajstić information content (AvgIpc) is 2.55. The number of nitrogens with one attached hydrogen (secondary N) is 1. The number of amides is 2. The molecule has 0 unspecified atom stereocenters. The van der Waals surface area contributed by atoms with E-state index >= 15 is 0 Å². The van der Waals surface area contributed by atoms with Crippen LogP contribution in [0.15, 0.2) is 51.4 Å². The molecule has 0 heterocycles. The number of carbonyl (C=O) groups excluding carboxylic acids is 2. The van der Waals surface area contributed by atoms with E-state index in [2.05, 4.69) is 37.2 Å². The van der Waals surface area contributed by atoms with Gasteiger partial charge < -0.3 is 15.0 Å². The van der Waals surface area contributed by atoms with Crippen molar-refractivity contribution < 1.29 is 14.3 Å². The van der Waals surface area contributed by atoms with Gasteiger partial charge in [-0.1, -0.05) is 39.7 Å². The van der Waals surface area contributed by atoms with Crippen LogP contribution in [0.1, 0.15) is 0 Å². The fourth-order valence-corrected chi connectivity index (χ4v) is 3.24. The molecule has 0 fully saturated rings. The fourth-order valence-electron chi connectivity index (χ4n) is 1.90. The molecular formula is C17H15Br2ClN2O3. The summed E-state index contributed by atoms with van der Waals surface area (Å²) in [6, 6.07) is 12.3. The molecule has 8 heteroatoms. The van der Waals surface area contributed by atoms with Crippen molar-refractivity contribution in [3.63, 3.8) is 0 Å². The summed E-state index contributed by atoms with van der Waals surface area (Å²) in [5.74, 6) is -0.108. The first-order valence-corrected chi connectivity index (χ1v) is 9.19. The molecule has 2 amide bonds. The van der Waals surface area contributed by atoms with E-state index in [-0.39, 0.29) is 25.0 Å². The molecule has 2 rings (SSSR count). The number of rotatable bonds is 6. The van der Waals surface area contributed by atoms with Gasteiger partial charge in [0.15, 0.2) is 6.61 Å². The smallest absolute Gasteiger partial charge is 0.260 e. The van der Waals surface area contributed by atoms with Crippen LogP contribution < -0.4 is 10.1 Å². The molecule has 0 spiro atoms. The second-order valence-electron chi connectivity index (χ2n) is 5.14. The Morgan fingerprint density at radius 2 is 1.92 bits per heavy atom. The van der Waals surface area contributed by atoms with E-state index in [1.54, 1.807) is 30.3 Å². The Morgan fingerprint density at radius 1 is 1.20 bits per heavy atom. The molecule has 0 aliphatic heterocycles. The molecule has 0 saturated carbocycles. The van der Waals surface area contributed by atoms with Crippen molar-refractivity contribution in [1.29, 1.82) is 0 Å². The number of benzene rings is 2. The molecule has 0 aromatic heterocycles. The second-order valence-corrected chi connectivity index (χ2v) is 7.32. The van der Waals surface area contributed by atoms with Crippen molar-refractivity contribution >= 4 is 61.0 Å². The molecule has 0 radical (unpaired) electrons. The van der Waals surface area contributed by atoms with Gasteiger partial charge >= 0.3 is 0 Å². The topological polar surface area (TPSA) is 58.6 Å². The number of nitrogens with zero attached hydrogens (tertiary/aromatic N) is 1. The van der Waals surface area contributed by atoms with Gasteiger partial charge in [0.05, 0.1) is 21.7 Å². The lowest BCUT2D eigenvalue weighted by atomic mass is 10.3. The van der Waals surface area contributed by atoms with Gasteiger partial charge in [-0.25, -0.2) is 0 Å². The highest BCUT2D eigenvalue weighted by molar-refractivity contribution is 9.11. The van der Waals surface area contributed by atoms with E-state index in [0.29, 0.717) is 16.5 Å². The Bertz CT molecular complexity index is 786. The third-order valence-corrected chi connectivity index (χ3v) is 4.64. The monoisotopic (exact) mass is 488 g/mol. The lowest BCUT2D eigenvalue weighted by molar-refractivity contribution is -0.135. The summed E-state index contributed by atoms with van der Waals surface area (Å²) >= 11 is 12.7. The highest BCUT2D eigenvalue weighted by atomic mass is 79.9. The van der Waals surface area contributed by atoms with Crippen LogP contribution in [0.2, 0.25) is 5.02 Å². The third kappa shape index (κ3) is 6.02. The SMILES string of the molecule is CN(CC(=O)Nc1ccccc1Cl)C(=O)COc1ccc(Br)cc1Br. The average molecular weight is 491 g/mol. The predicted molar refractivity (Wildman–Crippen MR) is 105 cm³/mol. The van der Waals surface area contributed by atoms with Crippen molar-refractivity contribution in [3.05, 3.63) is 56.4 Å². The van der Waals surface area contributed by atoms with Crippen molar-refractivity contribution in [3.8, 4) is 5.75 Å². The first kappa shape index (κ1) is 19.8. The van der Waals surface area contributed by atoms with Crippen molar-refractivity contribution in [1.82, 2.24) is 4.90 Å². The largest absolute Gasteiger partial charge is 0.483 e. The van der Waals surface area contributed by atoms with Crippen molar-refractivity contribution in [2.24, 2.45) is 0 Å². The van der Waals surface area contributed by atoms with Gasteiger partial charge in [0, 0.05) is 11.5 Å². The van der Waals surface area contributed by atoms with E-state index in [9.17, 15) is 9.59 Å². The van der Waals surface area contributed by atoms with Crippen molar-refractivity contribution in [2.45, 2.75) is 0 Å². The molecule has 25 heavy (non-hydrogen) atoms. The summed E-state index contributed by atoms with van der Waals surface area (Å²) in [5.41, 5.74) is 0.505. The number of anilines is 1. The molecule has 5 nitrogen and oxygen atoms in total. The molecule has 132 valence electrons. The Morgan fingerprint density at radius 3 is 2.60 bits per heavy atom. The summed E-state index contributed by atoms with van der Waals surface area (Å²) in [4.78, 5) is 25.4. The molecule has 2 aromatic rings. The number of halogens is 3. The molecule has 1 N–H and O–H groups in total. The summed E-state index contributed by atoms with van der Waals surface area (Å²) < 4.78 is 7.11. The number of likely N-dealkylation sites (N-methyl/N-ethyl adjacent to an activating group) is 1. The first-order valence-electron chi connectivity index (χ1n) is 7.23. The lowest BCUT2D eigenvalue weighted by Crippen LogP contribution is -2.37. The highest BCUT2D eigenvalue weighted by Gasteiger charge is 2.15. The maximum absolute atomic E-state index is 12.1. The zero-order valence-corrected chi connectivity index (χ0v) is 17.2. The lowest BCUT2D eigenvalue weighted by Gasteiger charge is -2.17. The third-order valence-electron chi connectivity index (χ3n) is 3.20. The minimum atomic E-state index is -0.339. The van der Waals surface area contributed by atoms with Gasteiger partial charge in [-0.2, -0.15) is 0 Å². The molecule has 2 aromatic carbocycles. The normalized spacial score (nSPS) is 10.2. The van der Waals surface area contributed by atoms with E-state index < -0.39 is 0 Å². The van der Waals surface area contributed by atoms with E-state index in [4.69, 9.17) is 16.3 Å². The summed E-state index contributed by atoms with van der Waals surface area (Å²) in [6.07, 6.45) is 0. The Balaban J connectivity index is 1.85. The van der Waals surface area contributed by atoms with E-state index in [1.165, 1.54) is 11.9 Å². The Kier molecular flexibility index (Phi) is 7.28. The zero-order valence-electron chi connectivity index (χ0n) is 13.3. The number of para-hydroxylation sites is 1. The van der Waals surface area contributed by atoms with Gasteiger partial charge in [0.25, 0.3) is 5.91 Å². The van der Waals surface area contributed by atoms with Gasteiger partial charge in [-0.05, 0) is 46.3 Å². The molecular weight excluding hydrogens is 475 g/mol. The van der Waals surface area contributed by atoms with Crippen LogP contribution in [0.4, 0.5) is 5.69 Å². The number of hydrogen-bond acceptors (Lipinski definition) is 3. The van der Waals surface area contributed by atoms with Gasteiger partial charge in [0.1, 0.15) is 5.75 Å². The minimum absolute atomic E-state index is 0.102. The predicted octanol–water partition coefficient (Wildman–Crippen LogP) is 4.34. The zero-order chi connectivity index (χ0) is 18.4. The van der Waals surface area contributed by atoms with E-state index in [0.717, 1.165) is 8.95 Å². The first-order chi connectivity index (χ1) is 11.9. The van der Waals surface area contributed by atoms with Gasteiger partial charge in [-0.15, -0.1) is 0 Å². The van der Waals surface area contributed by atoms with Crippen LogP contribution in [0, 0.1) is 0 Å². The van der Waals surface area contributed by atoms with Gasteiger partial charge in [0.2, 0.25) is 5.91 Å². The number of carbonyl (C=O) groups is 2. The highest BCUT2D eigenvalue weighted by Crippen LogP contribution is 2.28. The maximum atomic E-state index is 12.1. The molecule has 0 aliphatic rings. The van der Waals surface area contributed by atoms with Crippen LogP contribution in [-0.2, 0) is 9.59 Å². The molecule has 0 bridgehead atoms. The molecule has 0 aliphatic carbocycles. The van der Waals surface area contributed by atoms with Crippen LogP contribution in [0.25, 0.3) is 0 Å². The summed E-state index contributed by atoms with van der Waals surface area (Å²) in [7, 11) is 1.54. The van der Waals surface area contributed by atoms with Crippen LogP contribution >= 0.6 is 43.5 Å². The quantitative estimate of drug-likeness (QED) is 0.656. The minimum Gasteiger partial charge on any atom is -0.483 e. The van der Waals surface area contributed by atoms with Gasteiger partial charge in [-0.3, -0.25) is 9.59 Å². The number of ether oxygens (including phenoxy) is 1. The summed E-state index contributed by atoms with van der Waals surface area (Å²) in [6.45, 7) is -0.273. The second kappa shape index (κ2) is 9.22. The maximum Gasteiger partial charge on any atom is 0.260 e. The Hall–Kier alpha value is -1.57. The van der Waals surface area contributed by atoms with Crippen LogP contribution in [0.5, 0.6) is 5.75 Å². The standard InChI is InChI=1S/C17H15Br2ClN2O3/c1-22(9-16(23)21-14-5-3-2-4-13(14)20)17(24)10-25-15-7-6-11(18)8-12(15)19/h2-8H,9-10H2,1H3,(H,21,23). The molecule has 0 atom stereocenters. The van der Waals surface area contributed by atoms with E-state index in [1.807, 2.05) is 12.1 Å². The van der Waals surface area contributed by atoms with Crippen molar-refractivity contribution in [2.75, 3.05) is 25.5 Å². The number of hydrogen-bond donors (Lipinski definition) is 1.